The minimum Gasteiger partial charge on any atom is -0.511 e. The lowest BCUT2D eigenvalue weighted by atomic mass is 10.3. The molecule has 0 aliphatic rings. The molecule has 3 heteroatoms. The minimum absolute atomic E-state index is 0.187. The number of nitrogens with one attached hydrogen (secondary N) is 1. The number of rotatable bonds is 3. The zero-order valence-corrected chi connectivity index (χ0v) is 6.33. The lowest BCUT2D eigenvalue weighted by Crippen LogP contribution is -2.17. The number of allylic oxidation sites excluding steroid dienone is 2. The van der Waals surface area contributed by atoms with E-state index >= 15 is 0 Å². The van der Waals surface area contributed by atoms with Crippen molar-refractivity contribution in [3.05, 3.63) is 24.1 Å². The van der Waals surface area contributed by atoms with Crippen LogP contribution in [0.4, 0.5) is 0 Å². The highest BCUT2D eigenvalue weighted by Crippen LogP contribution is 1.92. The normalized spacial score (nSPS) is 15.7. The molecule has 0 aromatic heterocycles. The van der Waals surface area contributed by atoms with Crippen molar-refractivity contribution in [2.75, 3.05) is 7.05 Å². The van der Waals surface area contributed by atoms with Crippen LogP contribution in [0.3, 0.4) is 0 Å². The summed E-state index contributed by atoms with van der Waals surface area (Å²) in [6.07, 6.45) is 4.96. The van der Waals surface area contributed by atoms with Crippen LogP contribution in [0.25, 0.3) is 0 Å². The molecule has 0 fully saturated rings. The second kappa shape index (κ2) is 4.88. The first-order chi connectivity index (χ1) is 4.68. The van der Waals surface area contributed by atoms with Gasteiger partial charge >= 0.3 is 0 Å². The summed E-state index contributed by atoms with van der Waals surface area (Å²) in [7, 11) is 1.78. The SMILES string of the molecule is CN/C=C\C=C(\O)C(C)N. The Labute approximate surface area is 61.2 Å². The lowest BCUT2D eigenvalue weighted by Gasteiger charge is -2.00. The fraction of sp³-hybridized carbons (Fsp3) is 0.429. The Kier molecular flexibility index (Phi) is 4.41. The second-order valence-corrected chi connectivity index (χ2v) is 2.03. The summed E-state index contributed by atoms with van der Waals surface area (Å²) in [4.78, 5) is 0. The Hall–Kier alpha value is -0.960. The smallest absolute Gasteiger partial charge is 0.109 e. The molecule has 0 rings (SSSR count). The summed E-state index contributed by atoms with van der Waals surface area (Å²) in [6, 6.07) is -0.290. The van der Waals surface area contributed by atoms with Gasteiger partial charge < -0.3 is 16.2 Å². The van der Waals surface area contributed by atoms with Gasteiger partial charge in [-0.1, -0.05) is 0 Å². The Morgan fingerprint density at radius 1 is 1.70 bits per heavy atom. The summed E-state index contributed by atoms with van der Waals surface area (Å²) < 4.78 is 0. The van der Waals surface area contributed by atoms with Crippen LogP contribution >= 0.6 is 0 Å². The molecule has 0 saturated heterocycles. The third-order valence-corrected chi connectivity index (χ3v) is 0.996. The summed E-state index contributed by atoms with van der Waals surface area (Å²) >= 11 is 0. The van der Waals surface area contributed by atoms with Crippen molar-refractivity contribution in [1.29, 1.82) is 0 Å². The fourth-order valence-corrected chi connectivity index (χ4v) is 0.395. The van der Waals surface area contributed by atoms with Gasteiger partial charge in [-0.2, -0.15) is 0 Å². The van der Waals surface area contributed by atoms with Crippen molar-refractivity contribution >= 4 is 0 Å². The zero-order valence-electron chi connectivity index (χ0n) is 6.33. The van der Waals surface area contributed by atoms with Crippen LogP contribution in [0.1, 0.15) is 6.92 Å². The van der Waals surface area contributed by atoms with Crippen molar-refractivity contribution in [3.8, 4) is 0 Å². The third-order valence-electron chi connectivity index (χ3n) is 0.996. The van der Waals surface area contributed by atoms with Crippen LogP contribution in [-0.4, -0.2) is 18.2 Å². The van der Waals surface area contributed by atoms with Crippen molar-refractivity contribution in [1.82, 2.24) is 5.32 Å². The topological polar surface area (TPSA) is 58.3 Å². The molecule has 58 valence electrons. The van der Waals surface area contributed by atoms with Gasteiger partial charge in [-0.25, -0.2) is 0 Å². The summed E-state index contributed by atoms with van der Waals surface area (Å²) in [6.45, 7) is 1.72. The minimum atomic E-state index is -0.290. The van der Waals surface area contributed by atoms with E-state index in [1.807, 2.05) is 0 Å². The molecule has 1 unspecified atom stereocenters. The van der Waals surface area contributed by atoms with Gasteiger partial charge in [0, 0.05) is 7.05 Å². The van der Waals surface area contributed by atoms with E-state index in [4.69, 9.17) is 10.8 Å². The number of aliphatic hydroxyl groups is 1. The predicted molar refractivity (Wildman–Crippen MR) is 42.6 cm³/mol. The quantitative estimate of drug-likeness (QED) is 0.397. The summed E-state index contributed by atoms with van der Waals surface area (Å²) in [5, 5.41) is 11.8. The number of hydrogen-bond donors (Lipinski definition) is 3. The van der Waals surface area contributed by atoms with Crippen molar-refractivity contribution < 1.29 is 5.11 Å². The molecule has 1 atom stereocenters. The molecular formula is C7H14N2O. The molecule has 0 spiro atoms. The molecule has 0 amide bonds. The Bertz CT molecular complexity index is 139. The molecule has 0 aliphatic heterocycles. The molecule has 0 heterocycles. The fourth-order valence-electron chi connectivity index (χ4n) is 0.395. The molecule has 0 aromatic rings. The van der Waals surface area contributed by atoms with Gasteiger partial charge in [-0.3, -0.25) is 0 Å². The average molecular weight is 142 g/mol. The first-order valence-corrected chi connectivity index (χ1v) is 3.17. The van der Waals surface area contributed by atoms with Gasteiger partial charge in [-0.15, -0.1) is 0 Å². The van der Waals surface area contributed by atoms with Gasteiger partial charge in [0.15, 0.2) is 0 Å². The maximum Gasteiger partial charge on any atom is 0.109 e. The molecule has 0 aromatic carbocycles. The van der Waals surface area contributed by atoms with E-state index in [1.54, 1.807) is 32.3 Å². The van der Waals surface area contributed by atoms with Crippen molar-refractivity contribution in [2.24, 2.45) is 5.73 Å². The standard InChI is InChI=1S/C7H14N2O/c1-6(8)7(10)4-3-5-9-2/h3-6,9-10H,8H2,1-2H3/b5-3-,7-4+. The van der Waals surface area contributed by atoms with Crippen LogP contribution in [-0.2, 0) is 0 Å². The van der Waals surface area contributed by atoms with E-state index in [0.717, 1.165) is 0 Å². The molecule has 10 heavy (non-hydrogen) atoms. The monoisotopic (exact) mass is 142 g/mol. The highest BCUT2D eigenvalue weighted by molar-refractivity contribution is 5.09. The van der Waals surface area contributed by atoms with E-state index in [9.17, 15) is 0 Å². The van der Waals surface area contributed by atoms with Gasteiger partial charge in [0.25, 0.3) is 0 Å². The predicted octanol–water partition coefficient (Wildman–Crippen LogP) is 0.509. The first-order valence-electron chi connectivity index (χ1n) is 3.17. The van der Waals surface area contributed by atoms with Crippen LogP contribution in [0.5, 0.6) is 0 Å². The number of aliphatic hydroxyl groups excluding tert-OH is 1. The highest BCUT2D eigenvalue weighted by atomic mass is 16.3. The molecule has 0 radical (unpaired) electrons. The largest absolute Gasteiger partial charge is 0.511 e. The van der Waals surface area contributed by atoms with E-state index < -0.39 is 0 Å². The molecular weight excluding hydrogens is 128 g/mol. The summed E-state index contributed by atoms with van der Waals surface area (Å²) in [5.41, 5.74) is 5.35. The Balaban J connectivity index is 3.79. The molecule has 0 aliphatic carbocycles. The highest BCUT2D eigenvalue weighted by Gasteiger charge is 1.95. The summed E-state index contributed by atoms with van der Waals surface area (Å²) in [5.74, 6) is 0.187. The van der Waals surface area contributed by atoms with E-state index in [1.165, 1.54) is 0 Å². The van der Waals surface area contributed by atoms with Crippen LogP contribution < -0.4 is 11.1 Å². The van der Waals surface area contributed by atoms with Gasteiger partial charge in [-0.05, 0) is 25.3 Å². The third kappa shape index (κ3) is 3.97. The molecule has 4 N–H and O–H groups in total. The van der Waals surface area contributed by atoms with Crippen LogP contribution in [0, 0.1) is 0 Å². The lowest BCUT2D eigenvalue weighted by molar-refractivity contribution is 0.374. The first kappa shape index (κ1) is 9.04. The Morgan fingerprint density at radius 2 is 2.30 bits per heavy atom. The van der Waals surface area contributed by atoms with Crippen molar-refractivity contribution in [3.63, 3.8) is 0 Å². The van der Waals surface area contributed by atoms with Crippen molar-refractivity contribution in [2.45, 2.75) is 13.0 Å². The van der Waals surface area contributed by atoms with Gasteiger partial charge in [0.05, 0.1) is 6.04 Å². The molecule has 0 bridgehead atoms. The number of nitrogens with two attached hydrogens (primary N) is 1. The van der Waals surface area contributed by atoms with Gasteiger partial charge in [0.2, 0.25) is 0 Å². The zero-order chi connectivity index (χ0) is 7.98. The second-order valence-electron chi connectivity index (χ2n) is 2.03. The van der Waals surface area contributed by atoms with Crippen LogP contribution in [0.15, 0.2) is 24.1 Å². The molecule has 0 saturated carbocycles. The van der Waals surface area contributed by atoms with Gasteiger partial charge in [0.1, 0.15) is 5.76 Å². The average Bonchev–Trinajstić information content (AvgIpc) is 1.88. The Morgan fingerprint density at radius 3 is 2.70 bits per heavy atom. The van der Waals surface area contributed by atoms with Crippen LogP contribution in [0.2, 0.25) is 0 Å². The maximum absolute atomic E-state index is 9.01. The maximum atomic E-state index is 9.01. The molecule has 3 nitrogen and oxygen atoms in total. The van der Waals surface area contributed by atoms with E-state index in [-0.39, 0.29) is 11.8 Å². The number of hydrogen-bond acceptors (Lipinski definition) is 3. The van der Waals surface area contributed by atoms with E-state index in [2.05, 4.69) is 5.32 Å². The van der Waals surface area contributed by atoms with E-state index in [0.29, 0.717) is 0 Å².